The van der Waals surface area contributed by atoms with Crippen molar-refractivity contribution in [2.45, 2.75) is 79.4 Å². The largest absolute Gasteiger partial charge is 0.425 e. The number of hydrogen-bond acceptors (Lipinski definition) is 4. The van der Waals surface area contributed by atoms with E-state index in [0.717, 1.165) is 37.7 Å². The van der Waals surface area contributed by atoms with Crippen molar-refractivity contribution in [3.8, 4) is 0 Å². The Hall–Kier alpha value is -1.58. The molecular formula is C22H32O4. The van der Waals surface area contributed by atoms with E-state index in [1.165, 1.54) is 18.9 Å². The highest BCUT2D eigenvalue weighted by Gasteiger charge is 2.61. The number of hydrogen-bond donors (Lipinski definition) is 0. The SMILES string of the molecule is CC(=O)O[C@@H]1OC(=O)C2=CCC3[C@](C)(CCC=C(C)C)CCC[C@]3(C)[C@H]21. The maximum atomic E-state index is 12.3. The predicted octanol–water partition coefficient (Wildman–Crippen LogP) is 4.94. The number of carbonyl (C=O) groups is 2. The molecule has 1 saturated carbocycles. The second kappa shape index (κ2) is 6.86. The van der Waals surface area contributed by atoms with Gasteiger partial charge in [0.05, 0.1) is 5.92 Å². The molecule has 4 heteroatoms. The first-order chi connectivity index (χ1) is 12.2. The lowest BCUT2D eigenvalue weighted by Gasteiger charge is -2.56. The lowest BCUT2D eigenvalue weighted by Crippen LogP contribution is -2.52. The van der Waals surface area contributed by atoms with E-state index in [-0.39, 0.29) is 22.7 Å². The molecule has 0 spiro atoms. The number of cyclic esters (lactones) is 1. The molecule has 0 N–H and O–H groups in total. The first kappa shape index (κ1) is 19.2. The van der Waals surface area contributed by atoms with E-state index in [2.05, 4.69) is 39.8 Å². The number of ether oxygens (including phenoxy) is 2. The van der Waals surface area contributed by atoms with Gasteiger partial charge in [0, 0.05) is 12.5 Å². The van der Waals surface area contributed by atoms with Crippen LogP contribution >= 0.6 is 0 Å². The topological polar surface area (TPSA) is 52.6 Å². The fraction of sp³-hybridized carbons (Fsp3) is 0.727. The van der Waals surface area contributed by atoms with E-state index in [1.54, 1.807) is 0 Å². The Bertz CT molecular complexity index is 657. The highest BCUT2D eigenvalue weighted by atomic mass is 16.7. The quantitative estimate of drug-likeness (QED) is 0.526. The summed E-state index contributed by atoms with van der Waals surface area (Å²) in [5.74, 6) is -0.369. The molecular weight excluding hydrogens is 328 g/mol. The summed E-state index contributed by atoms with van der Waals surface area (Å²) in [6.45, 7) is 10.4. The average Bonchev–Trinajstić information content (AvgIpc) is 2.83. The first-order valence-corrected chi connectivity index (χ1v) is 9.89. The summed E-state index contributed by atoms with van der Waals surface area (Å²) in [6, 6.07) is 0. The Labute approximate surface area is 157 Å². The Morgan fingerprint density at radius 2 is 2.04 bits per heavy atom. The van der Waals surface area contributed by atoms with Gasteiger partial charge in [-0.05, 0) is 62.7 Å². The van der Waals surface area contributed by atoms with Gasteiger partial charge in [0.2, 0.25) is 0 Å². The third kappa shape index (κ3) is 3.23. The molecule has 26 heavy (non-hydrogen) atoms. The minimum absolute atomic E-state index is 0.0751. The molecule has 144 valence electrons. The van der Waals surface area contributed by atoms with E-state index < -0.39 is 12.3 Å². The molecule has 0 aromatic heterocycles. The number of rotatable bonds is 4. The van der Waals surface area contributed by atoms with Gasteiger partial charge < -0.3 is 9.47 Å². The first-order valence-electron chi connectivity index (χ1n) is 9.89. The van der Waals surface area contributed by atoms with Crippen molar-refractivity contribution in [3.05, 3.63) is 23.3 Å². The minimum Gasteiger partial charge on any atom is -0.425 e. The Morgan fingerprint density at radius 1 is 1.31 bits per heavy atom. The molecule has 5 atom stereocenters. The van der Waals surface area contributed by atoms with Crippen LogP contribution in [0, 0.1) is 22.7 Å². The van der Waals surface area contributed by atoms with Gasteiger partial charge in [0.15, 0.2) is 0 Å². The zero-order valence-electron chi connectivity index (χ0n) is 16.8. The third-order valence-electron chi connectivity index (χ3n) is 7.00. The molecule has 0 amide bonds. The van der Waals surface area contributed by atoms with Crippen molar-refractivity contribution in [2.75, 3.05) is 0 Å². The maximum Gasteiger partial charge on any atom is 0.337 e. The van der Waals surface area contributed by atoms with Gasteiger partial charge >= 0.3 is 11.9 Å². The molecule has 1 aliphatic heterocycles. The zero-order chi connectivity index (χ0) is 19.1. The fourth-order valence-corrected chi connectivity index (χ4v) is 5.83. The molecule has 3 rings (SSSR count). The summed E-state index contributed by atoms with van der Waals surface area (Å²) >= 11 is 0. The van der Waals surface area contributed by atoms with Gasteiger partial charge in [-0.3, -0.25) is 4.79 Å². The summed E-state index contributed by atoms with van der Waals surface area (Å²) in [6.07, 6.45) is 10.2. The number of allylic oxidation sites excluding steroid dienone is 3. The highest BCUT2D eigenvalue weighted by molar-refractivity contribution is 5.92. The predicted molar refractivity (Wildman–Crippen MR) is 100 cm³/mol. The Balaban J connectivity index is 1.91. The normalized spacial score (nSPS) is 38.6. The minimum atomic E-state index is -0.765. The van der Waals surface area contributed by atoms with Gasteiger partial charge in [-0.25, -0.2) is 4.79 Å². The smallest absolute Gasteiger partial charge is 0.337 e. The number of fused-ring (bicyclic) bond motifs is 3. The van der Waals surface area contributed by atoms with Crippen molar-refractivity contribution in [2.24, 2.45) is 22.7 Å². The summed E-state index contributed by atoms with van der Waals surface area (Å²) in [5, 5.41) is 0. The van der Waals surface area contributed by atoms with Crippen LogP contribution in [0.1, 0.15) is 73.1 Å². The zero-order valence-corrected chi connectivity index (χ0v) is 16.8. The highest BCUT2D eigenvalue weighted by Crippen LogP contribution is 2.63. The van der Waals surface area contributed by atoms with E-state index in [1.807, 2.05) is 0 Å². The lowest BCUT2D eigenvalue weighted by molar-refractivity contribution is -0.191. The van der Waals surface area contributed by atoms with Gasteiger partial charge in [0.25, 0.3) is 6.29 Å². The second-order valence-corrected chi connectivity index (χ2v) is 9.14. The van der Waals surface area contributed by atoms with E-state index >= 15 is 0 Å². The standard InChI is InChI=1S/C22H32O4/c1-14(2)8-6-11-21(4)12-7-13-22(5)17(21)10-9-16-18(22)20(25-15(3)23)26-19(16)24/h8-9,17-18,20H,6-7,10-13H2,1-5H3/t17?,18-,20-,21-,22+/m1/s1. The number of carbonyl (C=O) groups excluding carboxylic acids is 2. The molecule has 1 unspecified atom stereocenters. The second-order valence-electron chi connectivity index (χ2n) is 9.14. The van der Waals surface area contributed by atoms with Gasteiger partial charge in [0.1, 0.15) is 0 Å². The molecule has 0 aromatic carbocycles. The molecule has 4 nitrogen and oxygen atoms in total. The molecule has 0 bridgehead atoms. The van der Waals surface area contributed by atoms with Crippen LogP contribution in [0.5, 0.6) is 0 Å². The van der Waals surface area contributed by atoms with Crippen LogP contribution in [0.2, 0.25) is 0 Å². The van der Waals surface area contributed by atoms with Crippen LogP contribution in [-0.4, -0.2) is 18.2 Å². The molecule has 1 saturated heterocycles. The molecule has 2 fully saturated rings. The van der Waals surface area contributed by atoms with Crippen LogP contribution in [0.25, 0.3) is 0 Å². The van der Waals surface area contributed by atoms with Gasteiger partial charge in [-0.15, -0.1) is 0 Å². The van der Waals surface area contributed by atoms with Crippen molar-refractivity contribution in [1.29, 1.82) is 0 Å². The van der Waals surface area contributed by atoms with Crippen LogP contribution in [0.4, 0.5) is 0 Å². The molecule has 0 aromatic rings. The third-order valence-corrected chi connectivity index (χ3v) is 7.00. The fourth-order valence-electron chi connectivity index (χ4n) is 5.83. The van der Waals surface area contributed by atoms with E-state index in [4.69, 9.17) is 9.47 Å². The monoisotopic (exact) mass is 360 g/mol. The Morgan fingerprint density at radius 3 is 2.69 bits per heavy atom. The summed E-state index contributed by atoms with van der Waals surface area (Å²) in [5.41, 5.74) is 2.24. The number of esters is 2. The van der Waals surface area contributed by atoms with E-state index in [9.17, 15) is 9.59 Å². The van der Waals surface area contributed by atoms with Crippen molar-refractivity contribution >= 4 is 11.9 Å². The summed E-state index contributed by atoms with van der Waals surface area (Å²) in [4.78, 5) is 23.9. The summed E-state index contributed by atoms with van der Waals surface area (Å²) in [7, 11) is 0. The van der Waals surface area contributed by atoms with Gasteiger partial charge in [-0.2, -0.15) is 0 Å². The Kier molecular flexibility index (Phi) is 5.06. The van der Waals surface area contributed by atoms with Crippen molar-refractivity contribution in [1.82, 2.24) is 0 Å². The van der Waals surface area contributed by atoms with Crippen molar-refractivity contribution < 1.29 is 19.1 Å². The van der Waals surface area contributed by atoms with E-state index in [0.29, 0.717) is 5.92 Å². The average molecular weight is 360 g/mol. The lowest BCUT2D eigenvalue weighted by atomic mass is 9.47. The molecule has 0 radical (unpaired) electrons. The van der Waals surface area contributed by atoms with Crippen LogP contribution in [0.15, 0.2) is 23.3 Å². The summed E-state index contributed by atoms with van der Waals surface area (Å²) < 4.78 is 10.9. The van der Waals surface area contributed by atoms with Crippen molar-refractivity contribution in [3.63, 3.8) is 0 Å². The van der Waals surface area contributed by atoms with Crippen LogP contribution in [0.3, 0.4) is 0 Å². The molecule has 2 aliphatic carbocycles. The van der Waals surface area contributed by atoms with Crippen LogP contribution in [-0.2, 0) is 19.1 Å². The molecule has 3 aliphatic rings. The van der Waals surface area contributed by atoms with Gasteiger partial charge in [-0.1, -0.05) is 38.0 Å². The molecule has 1 heterocycles. The maximum absolute atomic E-state index is 12.3. The van der Waals surface area contributed by atoms with Crippen LogP contribution < -0.4 is 0 Å².